The summed E-state index contributed by atoms with van der Waals surface area (Å²) in [6.07, 6.45) is 0. The monoisotopic (exact) mass is 424 g/mol. The maximum Gasteiger partial charge on any atom is 1.00 e. The number of hydrogen-bond donors (Lipinski definition) is 0. The first-order chi connectivity index (χ1) is 11.5. The van der Waals surface area contributed by atoms with Gasteiger partial charge in [0.1, 0.15) is 0 Å². The summed E-state index contributed by atoms with van der Waals surface area (Å²) < 4.78 is 18.8. The SMILES string of the molecule is Cc1ccc(-c2ccc(C(=O)Oc3cc[c-]c(Cl)c3F)cc2)cc1.[Rb+]. The fourth-order valence-electron chi connectivity index (χ4n) is 2.22. The standard InChI is InChI=1S/C20H13ClFO2.Rb/c1-13-5-7-14(8-6-13)15-9-11-16(12-10-15)20(23)24-18-4-2-3-17(21)19(18)22;/h2,4-12H,1H3;/q-1;+1. The molecule has 2 nitrogen and oxygen atoms in total. The number of rotatable bonds is 3. The minimum Gasteiger partial charge on any atom is -0.447 e. The maximum absolute atomic E-state index is 13.8. The van der Waals surface area contributed by atoms with Gasteiger partial charge in [0.05, 0.1) is 17.1 Å². The van der Waals surface area contributed by atoms with Gasteiger partial charge in [-0.2, -0.15) is 12.1 Å². The Kier molecular flexibility index (Phi) is 7.53. The Hall–Kier alpha value is -0.845. The van der Waals surface area contributed by atoms with Crippen molar-refractivity contribution in [2.24, 2.45) is 0 Å². The van der Waals surface area contributed by atoms with Crippen LogP contribution in [0.4, 0.5) is 4.39 Å². The molecule has 0 atom stereocenters. The van der Waals surface area contributed by atoms with E-state index in [1.165, 1.54) is 17.7 Å². The molecule has 120 valence electrons. The average molecular weight is 425 g/mol. The Morgan fingerprint density at radius 1 is 1.00 bits per heavy atom. The Balaban J connectivity index is 0.00000225. The van der Waals surface area contributed by atoms with Crippen molar-refractivity contribution in [1.82, 2.24) is 0 Å². The van der Waals surface area contributed by atoms with Gasteiger partial charge in [-0.3, -0.25) is 4.39 Å². The minimum absolute atomic E-state index is 0. The van der Waals surface area contributed by atoms with Crippen LogP contribution in [0.5, 0.6) is 5.75 Å². The fraction of sp³-hybridized carbons (Fsp3) is 0.0500. The van der Waals surface area contributed by atoms with E-state index in [0.717, 1.165) is 11.1 Å². The van der Waals surface area contributed by atoms with Crippen molar-refractivity contribution in [3.63, 3.8) is 0 Å². The number of aryl methyl sites for hydroxylation is 1. The molecule has 0 aromatic heterocycles. The van der Waals surface area contributed by atoms with E-state index >= 15 is 0 Å². The fourth-order valence-corrected chi connectivity index (χ4v) is 2.37. The van der Waals surface area contributed by atoms with Crippen molar-refractivity contribution < 1.29 is 72.1 Å². The molecule has 25 heavy (non-hydrogen) atoms. The molecule has 5 heteroatoms. The molecule has 0 aliphatic heterocycles. The molecule has 0 unspecified atom stereocenters. The first kappa shape index (κ1) is 20.5. The van der Waals surface area contributed by atoms with Crippen LogP contribution in [0.25, 0.3) is 11.1 Å². The first-order valence-electron chi connectivity index (χ1n) is 7.29. The molecule has 3 aromatic rings. The first-order valence-corrected chi connectivity index (χ1v) is 7.67. The van der Waals surface area contributed by atoms with E-state index in [2.05, 4.69) is 6.07 Å². The van der Waals surface area contributed by atoms with Crippen molar-refractivity contribution >= 4 is 17.6 Å². The Labute approximate surface area is 199 Å². The molecule has 0 radical (unpaired) electrons. The Bertz CT molecular complexity index is 877. The van der Waals surface area contributed by atoms with Gasteiger partial charge in [-0.15, -0.1) is 17.7 Å². The number of carbonyl (C=O) groups excluding carboxylic acids is 1. The van der Waals surface area contributed by atoms with E-state index < -0.39 is 11.8 Å². The van der Waals surface area contributed by atoms with E-state index in [4.69, 9.17) is 16.3 Å². The van der Waals surface area contributed by atoms with E-state index in [0.29, 0.717) is 5.56 Å². The molecule has 0 bridgehead atoms. The summed E-state index contributed by atoms with van der Waals surface area (Å²) in [7, 11) is 0. The van der Waals surface area contributed by atoms with Crippen LogP contribution < -0.4 is 62.9 Å². The number of ether oxygens (including phenoxy) is 1. The number of esters is 1. The molecule has 0 fully saturated rings. The normalized spacial score (nSPS) is 10.0. The zero-order valence-corrected chi connectivity index (χ0v) is 19.5. The van der Waals surface area contributed by atoms with Gasteiger partial charge in [0.2, 0.25) is 0 Å². The molecule has 0 N–H and O–H groups in total. The smallest absolute Gasteiger partial charge is 0.447 e. The minimum atomic E-state index is -0.802. The van der Waals surface area contributed by atoms with Crippen LogP contribution in [0.3, 0.4) is 0 Å². The summed E-state index contributed by atoms with van der Waals surface area (Å²) in [6.45, 7) is 2.02. The zero-order valence-electron chi connectivity index (χ0n) is 13.8. The van der Waals surface area contributed by atoms with Crippen molar-refractivity contribution in [2.75, 3.05) is 0 Å². The number of halogens is 2. The van der Waals surface area contributed by atoms with E-state index in [-0.39, 0.29) is 69.0 Å². The second kappa shape index (κ2) is 9.20. The third-order valence-corrected chi connectivity index (χ3v) is 3.84. The second-order valence-electron chi connectivity index (χ2n) is 5.30. The van der Waals surface area contributed by atoms with Gasteiger partial charge in [0, 0.05) is 0 Å². The number of hydrogen-bond acceptors (Lipinski definition) is 2. The van der Waals surface area contributed by atoms with Crippen LogP contribution >= 0.6 is 11.6 Å². The van der Waals surface area contributed by atoms with Crippen LogP contribution in [0.2, 0.25) is 5.02 Å². The third kappa shape index (κ3) is 5.08. The number of benzene rings is 3. The van der Waals surface area contributed by atoms with E-state index in [1.807, 2.05) is 43.3 Å². The van der Waals surface area contributed by atoms with Gasteiger partial charge >= 0.3 is 64.2 Å². The molecule has 0 aliphatic rings. The second-order valence-corrected chi connectivity index (χ2v) is 5.68. The van der Waals surface area contributed by atoms with Crippen LogP contribution in [0.15, 0.2) is 60.7 Å². The van der Waals surface area contributed by atoms with Gasteiger partial charge in [-0.25, -0.2) is 4.79 Å². The van der Waals surface area contributed by atoms with E-state index in [1.54, 1.807) is 12.1 Å². The van der Waals surface area contributed by atoms with Crippen molar-refractivity contribution in [3.05, 3.63) is 88.7 Å². The molecular formula is C20H13ClFO2Rb. The zero-order chi connectivity index (χ0) is 17.1. The molecule has 0 aliphatic carbocycles. The van der Waals surface area contributed by atoms with Crippen LogP contribution in [-0.4, -0.2) is 5.97 Å². The number of carbonyl (C=O) groups is 1. The van der Waals surface area contributed by atoms with Crippen LogP contribution in [-0.2, 0) is 0 Å². The maximum atomic E-state index is 13.8. The predicted molar refractivity (Wildman–Crippen MR) is 91.8 cm³/mol. The average Bonchev–Trinajstić information content (AvgIpc) is 2.60. The quantitative estimate of drug-likeness (QED) is 0.366. The summed E-state index contributed by atoms with van der Waals surface area (Å²) in [4.78, 5) is 12.1. The Morgan fingerprint density at radius 3 is 2.16 bits per heavy atom. The molecule has 0 saturated carbocycles. The van der Waals surface area contributed by atoms with Crippen LogP contribution in [0.1, 0.15) is 15.9 Å². The molecule has 0 saturated heterocycles. The summed E-state index contributed by atoms with van der Waals surface area (Å²) in [5.41, 5.74) is 3.54. The van der Waals surface area contributed by atoms with Gasteiger partial charge in [0.25, 0.3) is 0 Å². The summed E-state index contributed by atoms with van der Waals surface area (Å²) >= 11 is 5.62. The molecular weight excluding hydrogens is 412 g/mol. The van der Waals surface area contributed by atoms with Crippen molar-refractivity contribution in [2.45, 2.75) is 6.92 Å². The Morgan fingerprint density at radius 2 is 1.56 bits per heavy atom. The summed E-state index contributed by atoms with van der Waals surface area (Å²) in [5, 5.41) is -0.213. The van der Waals surface area contributed by atoms with Gasteiger partial charge in [-0.1, -0.05) is 42.0 Å². The van der Waals surface area contributed by atoms with Gasteiger partial charge in [0.15, 0.2) is 0 Å². The predicted octanol–water partition coefficient (Wildman–Crippen LogP) is 2.48. The molecule has 0 spiro atoms. The molecule has 3 aromatic carbocycles. The van der Waals surface area contributed by atoms with E-state index in [9.17, 15) is 9.18 Å². The van der Waals surface area contributed by atoms with Crippen LogP contribution in [0, 0.1) is 18.8 Å². The largest absolute Gasteiger partial charge is 1.00 e. The van der Waals surface area contributed by atoms with Crippen molar-refractivity contribution in [1.29, 1.82) is 0 Å². The topological polar surface area (TPSA) is 26.3 Å². The summed E-state index contributed by atoms with van der Waals surface area (Å²) in [6, 6.07) is 20.2. The molecule has 3 rings (SSSR count). The summed E-state index contributed by atoms with van der Waals surface area (Å²) in [5.74, 6) is -1.67. The molecule has 0 heterocycles. The third-order valence-electron chi connectivity index (χ3n) is 3.56. The molecule has 0 amide bonds. The van der Waals surface area contributed by atoms with Gasteiger partial charge in [-0.05, 0) is 35.2 Å². The van der Waals surface area contributed by atoms with Crippen molar-refractivity contribution in [3.8, 4) is 16.9 Å². The van der Waals surface area contributed by atoms with Gasteiger partial charge < -0.3 is 4.74 Å².